The molecule has 4 rings (SSSR count). The molecule has 11 heteroatoms. The van der Waals surface area contributed by atoms with E-state index in [1.54, 1.807) is 6.20 Å². The number of piperazine rings is 1. The Labute approximate surface area is 202 Å². The van der Waals surface area contributed by atoms with E-state index >= 15 is 0 Å². The fourth-order valence-corrected chi connectivity index (χ4v) is 4.62. The smallest absolute Gasteiger partial charge is 0.361 e. The molecular weight excluding hydrogens is 488 g/mol. The van der Waals surface area contributed by atoms with Gasteiger partial charge >= 0.3 is 12.4 Å². The van der Waals surface area contributed by atoms with Crippen LogP contribution in [0.5, 0.6) is 0 Å². The van der Waals surface area contributed by atoms with Crippen molar-refractivity contribution in [3.05, 3.63) is 70.9 Å². The highest BCUT2D eigenvalue weighted by Crippen LogP contribution is 2.37. The largest absolute Gasteiger partial charge is 0.416 e. The first-order valence-electron chi connectivity index (χ1n) is 11.2. The molecule has 2 aromatic carbocycles. The first-order valence-corrected chi connectivity index (χ1v) is 11.2. The van der Waals surface area contributed by atoms with E-state index in [1.807, 2.05) is 29.2 Å². The van der Waals surface area contributed by atoms with Gasteiger partial charge in [0.15, 0.2) is 0 Å². The Hall–Kier alpha value is -3.34. The summed E-state index contributed by atoms with van der Waals surface area (Å²) in [6.45, 7) is 2.12. The number of ketones is 1. The molecule has 1 aliphatic rings. The zero-order valence-electron chi connectivity index (χ0n) is 19.2. The Bertz CT molecular complexity index is 1250. The summed E-state index contributed by atoms with van der Waals surface area (Å²) in [5.41, 5.74) is -2.05. The van der Waals surface area contributed by atoms with Crippen molar-refractivity contribution in [2.24, 2.45) is 0 Å². The van der Waals surface area contributed by atoms with Crippen LogP contribution >= 0.6 is 0 Å². The second-order valence-electron chi connectivity index (χ2n) is 8.95. The Morgan fingerprint density at radius 2 is 1.61 bits per heavy atom. The zero-order valence-corrected chi connectivity index (χ0v) is 19.2. The Balaban J connectivity index is 1.70. The summed E-state index contributed by atoms with van der Waals surface area (Å²) >= 11 is 0. The molecule has 1 aliphatic heterocycles. The van der Waals surface area contributed by atoms with Crippen LogP contribution in [0.3, 0.4) is 0 Å². The fourth-order valence-electron chi connectivity index (χ4n) is 4.62. The van der Waals surface area contributed by atoms with E-state index in [0.717, 1.165) is 16.5 Å². The van der Waals surface area contributed by atoms with Crippen molar-refractivity contribution in [1.82, 2.24) is 14.8 Å². The van der Waals surface area contributed by atoms with Crippen LogP contribution in [0.2, 0.25) is 0 Å². The SMILES string of the molecule is CC(=O)CN1CCN(C(=O)c2cc(C(F)(F)F)cc(C(F)(F)F)c2)[C@H](Cc2c[nH]c3ccccc23)C1. The van der Waals surface area contributed by atoms with Gasteiger partial charge in [-0.3, -0.25) is 14.5 Å². The number of rotatable bonds is 5. The molecule has 0 radical (unpaired) electrons. The molecule has 1 atom stereocenters. The minimum atomic E-state index is -5.06. The maximum absolute atomic E-state index is 13.4. The topological polar surface area (TPSA) is 56.4 Å². The molecule has 192 valence electrons. The number of H-pyrrole nitrogens is 1. The van der Waals surface area contributed by atoms with Gasteiger partial charge in [-0.25, -0.2) is 0 Å². The molecule has 1 N–H and O–H groups in total. The predicted octanol–water partition coefficient (Wildman–Crippen LogP) is 5.16. The van der Waals surface area contributed by atoms with Crippen LogP contribution in [0.15, 0.2) is 48.7 Å². The van der Waals surface area contributed by atoms with Gasteiger partial charge in [-0.15, -0.1) is 0 Å². The molecule has 0 aliphatic carbocycles. The third-order valence-electron chi connectivity index (χ3n) is 6.24. The van der Waals surface area contributed by atoms with Crippen LogP contribution in [0, 0.1) is 0 Å². The van der Waals surface area contributed by atoms with Gasteiger partial charge in [0.05, 0.1) is 17.7 Å². The number of Topliss-reactive ketones (excluding diaryl/α,β-unsaturated/α-hetero) is 1. The van der Waals surface area contributed by atoms with Crippen molar-refractivity contribution < 1.29 is 35.9 Å². The van der Waals surface area contributed by atoms with E-state index < -0.39 is 41.0 Å². The lowest BCUT2D eigenvalue weighted by Crippen LogP contribution is -2.56. The molecule has 2 heterocycles. The Morgan fingerprint density at radius 3 is 2.22 bits per heavy atom. The molecule has 1 aromatic heterocycles. The van der Waals surface area contributed by atoms with Crippen LogP contribution < -0.4 is 0 Å². The van der Waals surface area contributed by atoms with Gasteiger partial charge in [0.2, 0.25) is 0 Å². The van der Waals surface area contributed by atoms with E-state index in [2.05, 4.69) is 4.98 Å². The molecular formula is C25H23F6N3O2. The number of nitrogens with one attached hydrogen (secondary N) is 1. The van der Waals surface area contributed by atoms with Crippen LogP contribution in [0.25, 0.3) is 10.9 Å². The van der Waals surface area contributed by atoms with Crippen molar-refractivity contribution in [2.45, 2.75) is 31.7 Å². The fraction of sp³-hybridized carbons (Fsp3) is 0.360. The van der Waals surface area contributed by atoms with Gasteiger partial charge < -0.3 is 9.88 Å². The van der Waals surface area contributed by atoms with Gasteiger partial charge in [0, 0.05) is 48.3 Å². The van der Waals surface area contributed by atoms with Gasteiger partial charge in [0.1, 0.15) is 5.78 Å². The quantitative estimate of drug-likeness (QED) is 0.482. The lowest BCUT2D eigenvalue weighted by molar-refractivity contribution is -0.143. The summed E-state index contributed by atoms with van der Waals surface area (Å²) in [5, 5.41) is 0.895. The minimum absolute atomic E-state index is 0.00496. The first kappa shape index (κ1) is 25.7. The summed E-state index contributed by atoms with van der Waals surface area (Å²) in [4.78, 5) is 31.3. The molecule has 1 amide bonds. The normalized spacial score (nSPS) is 17.5. The molecule has 0 spiro atoms. The van der Waals surface area contributed by atoms with E-state index in [-0.39, 0.29) is 38.0 Å². The number of para-hydroxylation sites is 1. The number of hydrogen-bond donors (Lipinski definition) is 1. The minimum Gasteiger partial charge on any atom is -0.361 e. The van der Waals surface area contributed by atoms with Crippen LogP contribution in [0.4, 0.5) is 26.3 Å². The van der Waals surface area contributed by atoms with Crippen LogP contribution in [-0.2, 0) is 23.6 Å². The molecule has 0 saturated carbocycles. The number of benzene rings is 2. The third-order valence-corrected chi connectivity index (χ3v) is 6.24. The summed E-state index contributed by atoms with van der Waals surface area (Å²) in [6, 6.07) is 7.79. The molecule has 5 nitrogen and oxygen atoms in total. The van der Waals surface area contributed by atoms with Gasteiger partial charge in [-0.05, 0) is 43.2 Å². The summed E-state index contributed by atoms with van der Waals surface area (Å²) < 4.78 is 80.1. The first-order chi connectivity index (χ1) is 16.8. The maximum Gasteiger partial charge on any atom is 0.416 e. The van der Waals surface area contributed by atoms with Gasteiger partial charge in [-0.1, -0.05) is 18.2 Å². The Kier molecular flexibility index (Phi) is 6.87. The van der Waals surface area contributed by atoms with E-state index in [1.165, 1.54) is 11.8 Å². The van der Waals surface area contributed by atoms with E-state index in [0.29, 0.717) is 18.6 Å². The predicted molar refractivity (Wildman–Crippen MR) is 120 cm³/mol. The second kappa shape index (κ2) is 9.61. The number of carbonyl (C=O) groups is 2. The lowest BCUT2D eigenvalue weighted by Gasteiger charge is -2.41. The van der Waals surface area contributed by atoms with Crippen molar-refractivity contribution in [3.63, 3.8) is 0 Å². The number of alkyl halides is 6. The number of aromatic nitrogens is 1. The maximum atomic E-state index is 13.4. The third kappa shape index (κ3) is 5.56. The highest BCUT2D eigenvalue weighted by molar-refractivity contribution is 5.95. The van der Waals surface area contributed by atoms with Crippen molar-refractivity contribution >= 4 is 22.6 Å². The van der Waals surface area contributed by atoms with Gasteiger partial charge in [0.25, 0.3) is 5.91 Å². The molecule has 3 aromatic rings. The summed E-state index contributed by atoms with van der Waals surface area (Å²) in [6.07, 6.45) is -8.04. The van der Waals surface area contributed by atoms with Crippen LogP contribution in [0.1, 0.15) is 34.0 Å². The number of aromatic amines is 1. The zero-order chi connectivity index (χ0) is 26.3. The van der Waals surface area contributed by atoms with Crippen molar-refractivity contribution in [3.8, 4) is 0 Å². The standard InChI is InChI=1S/C25H23F6N3O2/c1-15(35)13-33-6-7-34(20(14-33)10-17-12-32-22-5-3-2-4-21(17)22)23(36)16-8-18(24(26,27)28)11-19(9-16)25(29,30)31/h2-5,8-9,11-12,20,32H,6-7,10,13-14H2,1H3/t20-/m1/s1. The lowest BCUT2D eigenvalue weighted by atomic mass is 9.98. The van der Waals surface area contributed by atoms with E-state index in [9.17, 15) is 35.9 Å². The number of nitrogens with zero attached hydrogens (tertiary/aromatic N) is 2. The highest BCUT2D eigenvalue weighted by atomic mass is 19.4. The summed E-state index contributed by atoms with van der Waals surface area (Å²) in [7, 11) is 0. The molecule has 0 unspecified atom stereocenters. The number of carbonyl (C=O) groups excluding carboxylic acids is 2. The second-order valence-corrected chi connectivity index (χ2v) is 8.95. The number of hydrogen-bond acceptors (Lipinski definition) is 3. The average Bonchev–Trinajstić information content (AvgIpc) is 3.20. The van der Waals surface area contributed by atoms with Crippen LogP contribution in [-0.4, -0.2) is 58.7 Å². The van der Waals surface area contributed by atoms with Gasteiger partial charge in [-0.2, -0.15) is 26.3 Å². The number of amides is 1. The number of halogens is 6. The molecule has 0 bridgehead atoms. The van der Waals surface area contributed by atoms with E-state index in [4.69, 9.17) is 0 Å². The summed E-state index contributed by atoms with van der Waals surface area (Å²) in [5.74, 6) is -1.01. The number of fused-ring (bicyclic) bond motifs is 1. The Morgan fingerprint density at radius 1 is 0.972 bits per heavy atom. The highest BCUT2D eigenvalue weighted by Gasteiger charge is 2.39. The molecule has 36 heavy (non-hydrogen) atoms. The van der Waals surface area contributed by atoms with Crippen molar-refractivity contribution in [1.29, 1.82) is 0 Å². The van der Waals surface area contributed by atoms with Crippen molar-refractivity contribution in [2.75, 3.05) is 26.2 Å². The monoisotopic (exact) mass is 511 g/mol. The molecule has 1 saturated heterocycles. The average molecular weight is 511 g/mol. The molecule has 1 fully saturated rings.